The molecule has 0 bridgehead atoms. The molecule has 0 amide bonds. The predicted octanol–water partition coefficient (Wildman–Crippen LogP) is 4.05. The van der Waals surface area contributed by atoms with Crippen LogP contribution in [0, 0.1) is 6.92 Å². The van der Waals surface area contributed by atoms with Gasteiger partial charge in [0.2, 0.25) is 0 Å². The van der Waals surface area contributed by atoms with Gasteiger partial charge in [-0.1, -0.05) is 41.1 Å². The normalized spacial score (nSPS) is 12.4. The van der Waals surface area contributed by atoms with Gasteiger partial charge >= 0.3 is 0 Å². The molecule has 1 unspecified atom stereocenters. The molecule has 2 aromatic rings. The number of rotatable bonds is 5. The Morgan fingerprint density at radius 2 is 2.11 bits per heavy atom. The third-order valence-electron chi connectivity index (χ3n) is 3.22. The second-order valence-electron chi connectivity index (χ2n) is 4.64. The molecular formula is C16H19BrN2. The fraction of sp³-hybridized carbons (Fsp3) is 0.312. The first-order valence-electron chi connectivity index (χ1n) is 6.60. The molecule has 1 N–H and O–H groups in total. The van der Waals surface area contributed by atoms with Crippen molar-refractivity contribution >= 4 is 15.9 Å². The third kappa shape index (κ3) is 3.88. The maximum atomic E-state index is 4.50. The predicted molar refractivity (Wildman–Crippen MR) is 83.2 cm³/mol. The van der Waals surface area contributed by atoms with Crippen LogP contribution >= 0.6 is 15.9 Å². The standard InChI is InChI=1S/C16H19BrN2/c1-3-18-16(13-7-4-8-14(17)10-13)11-15-12(2)6-5-9-19-15/h4-10,16,18H,3,11H2,1-2H3. The minimum atomic E-state index is 0.302. The molecule has 0 fully saturated rings. The van der Waals surface area contributed by atoms with Gasteiger partial charge in [-0.05, 0) is 42.8 Å². The zero-order valence-corrected chi connectivity index (χ0v) is 12.9. The van der Waals surface area contributed by atoms with E-state index in [0.29, 0.717) is 6.04 Å². The van der Waals surface area contributed by atoms with Gasteiger partial charge in [-0.25, -0.2) is 0 Å². The van der Waals surface area contributed by atoms with Crippen molar-refractivity contribution in [1.29, 1.82) is 0 Å². The first-order chi connectivity index (χ1) is 9.20. The monoisotopic (exact) mass is 318 g/mol. The molecule has 0 spiro atoms. The SMILES string of the molecule is CCNC(Cc1ncccc1C)c1cccc(Br)c1. The molecule has 1 aromatic carbocycles. The number of aryl methyl sites for hydroxylation is 1. The van der Waals surface area contributed by atoms with Gasteiger partial charge in [0.1, 0.15) is 0 Å². The lowest BCUT2D eigenvalue weighted by Gasteiger charge is -2.19. The summed E-state index contributed by atoms with van der Waals surface area (Å²) in [7, 11) is 0. The first kappa shape index (κ1) is 14.2. The number of benzene rings is 1. The molecule has 0 saturated carbocycles. The van der Waals surface area contributed by atoms with Crippen molar-refractivity contribution < 1.29 is 0 Å². The Hall–Kier alpha value is -1.19. The van der Waals surface area contributed by atoms with Crippen LogP contribution in [0.5, 0.6) is 0 Å². The van der Waals surface area contributed by atoms with Crippen LogP contribution in [-0.2, 0) is 6.42 Å². The highest BCUT2D eigenvalue weighted by atomic mass is 79.9. The quantitative estimate of drug-likeness (QED) is 0.899. The van der Waals surface area contributed by atoms with Crippen molar-refractivity contribution in [3.8, 4) is 0 Å². The average Bonchev–Trinajstić information content (AvgIpc) is 2.40. The van der Waals surface area contributed by atoms with E-state index in [-0.39, 0.29) is 0 Å². The molecule has 0 aliphatic rings. The highest BCUT2D eigenvalue weighted by molar-refractivity contribution is 9.10. The van der Waals surface area contributed by atoms with E-state index in [2.05, 4.69) is 70.4 Å². The zero-order chi connectivity index (χ0) is 13.7. The molecule has 2 nitrogen and oxygen atoms in total. The fourth-order valence-corrected chi connectivity index (χ4v) is 2.62. The third-order valence-corrected chi connectivity index (χ3v) is 3.71. The summed E-state index contributed by atoms with van der Waals surface area (Å²) >= 11 is 3.54. The van der Waals surface area contributed by atoms with E-state index in [1.807, 2.05) is 12.3 Å². The summed E-state index contributed by atoms with van der Waals surface area (Å²) in [4.78, 5) is 4.50. The Kier molecular flexibility index (Phi) is 5.11. The maximum Gasteiger partial charge on any atom is 0.0451 e. The summed E-state index contributed by atoms with van der Waals surface area (Å²) in [5.74, 6) is 0. The van der Waals surface area contributed by atoms with Gasteiger partial charge in [-0.3, -0.25) is 4.98 Å². The number of hydrogen-bond donors (Lipinski definition) is 1. The Morgan fingerprint density at radius 3 is 2.79 bits per heavy atom. The van der Waals surface area contributed by atoms with Crippen molar-refractivity contribution in [2.24, 2.45) is 0 Å². The van der Waals surface area contributed by atoms with Gasteiger partial charge in [-0.15, -0.1) is 0 Å². The number of nitrogens with zero attached hydrogens (tertiary/aromatic N) is 1. The van der Waals surface area contributed by atoms with Crippen LogP contribution < -0.4 is 5.32 Å². The van der Waals surface area contributed by atoms with Crippen molar-refractivity contribution in [3.05, 3.63) is 63.9 Å². The smallest absolute Gasteiger partial charge is 0.0451 e. The van der Waals surface area contributed by atoms with Crippen LogP contribution in [0.15, 0.2) is 47.1 Å². The number of hydrogen-bond acceptors (Lipinski definition) is 2. The highest BCUT2D eigenvalue weighted by Gasteiger charge is 2.13. The lowest BCUT2D eigenvalue weighted by atomic mass is 10.00. The minimum absolute atomic E-state index is 0.302. The van der Waals surface area contributed by atoms with Gasteiger partial charge in [0.15, 0.2) is 0 Å². The van der Waals surface area contributed by atoms with Crippen molar-refractivity contribution in [1.82, 2.24) is 10.3 Å². The van der Waals surface area contributed by atoms with Crippen LogP contribution in [0.3, 0.4) is 0 Å². The molecular weight excluding hydrogens is 300 g/mol. The maximum absolute atomic E-state index is 4.50. The molecule has 3 heteroatoms. The van der Waals surface area contributed by atoms with Crippen molar-refractivity contribution in [3.63, 3.8) is 0 Å². The van der Waals surface area contributed by atoms with Gasteiger partial charge < -0.3 is 5.32 Å². The fourth-order valence-electron chi connectivity index (χ4n) is 2.20. The Balaban J connectivity index is 2.24. The molecule has 0 saturated heterocycles. The second-order valence-corrected chi connectivity index (χ2v) is 5.55. The van der Waals surface area contributed by atoms with Crippen LogP contribution in [0.4, 0.5) is 0 Å². The summed E-state index contributed by atoms with van der Waals surface area (Å²) in [6.45, 7) is 5.20. The second kappa shape index (κ2) is 6.83. The van der Waals surface area contributed by atoms with E-state index in [4.69, 9.17) is 0 Å². The molecule has 0 aliphatic heterocycles. The summed E-state index contributed by atoms with van der Waals surface area (Å²) < 4.78 is 1.12. The lowest BCUT2D eigenvalue weighted by Crippen LogP contribution is -2.23. The highest BCUT2D eigenvalue weighted by Crippen LogP contribution is 2.22. The van der Waals surface area contributed by atoms with Gasteiger partial charge in [0, 0.05) is 28.8 Å². The minimum Gasteiger partial charge on any atom is -0.310 e. The van der Waals surface area contributed by atoms with Crippen LogP contribution in [-0.4, -0.2) is 11.5 Å². The molecule has 1 atom stereocenters. The van der Waals surface area contributed by atoms with E-state index in [1.165, 1.54) is 11.1 Å². The van der Waals surface area contributed by atoms with Gasteiger partial charge in [-0.2, -0.15) is 0 Å². The first-order valence-corrected chi connectivity index (χ1v) is 7.39. The Morgan fingerprint density at radius 1 is 1.26 bits per heavy atom. The molecule has 1 aromatic heterocycles. The summed E-state index contributed by atoms with van der Waals surface area (Å²) in [6.07, 6.45) is 2.78. The van der Waals surface area contributed by atoms with E-state index in [0.717, 1.165) is 23.1 Å². The van der Waals surface area contributed by atoms with Crippen molar-refractivity contribution in [2.75, 3.05) is 6.54 Å². The molecule has 2 rings (SSSR count). The number of nitrogens with one attached hydrogen (secondary N) is 1. The Labute approximate surface area is 123 Å². The summed E-state index contributed by atoms with van der Waals surface area (Å²) in [6, 6.07) is 12.9. The zero-order valence-electron chi connectivity index (χ0n) is 11.4. The van der Waals surface area contributed by atoms with Gasteiger partial charge in [0.05, 0.1) is 0 Å². The molecule has 0 radical (unpaired) electrons. The van der Waals surface area contributed by atoms with Crippen LogP contribution in [0.2, 0.25) is 0 Å². The number of pyridine rings is 1. The number of aromatic nitrogens is 1. The van der Waals surface area contributed by atoms with E-state index < -0.39 is 0 Å². The number of likely N-dealkylation sites (N-methyl/N-ethyl adjacent to an activating group) is 1. The van der Waals surface area contributed by atoms with Gasteiger partial charge in [0.25, 0.3) is 0 Å². The Bertz CT molecular complexity index is 540. The van der Waals surface area contributed by atoms with Crippen LogP contribution in [0.25, 0.3) is 0 Å². The summed E-state index contributed by atoms with van der Waals surface area (Å²) in [5, 5.41) is 3.54. The average molecular weight is 319 g/mol. The molecule has 0 aliphatic carbocycles. The van der Waals surface area contributed by atoms with E-state index >= 15 is 0 Å². The summed E-state index contributed by atoms with van der Waals surface area (Å²) in [5.41, 5.74) is 3.70. The molecule has 1 heterocycles. The topological polar surface area (TPSA) is 24.9 Å². The number of halogens is 1. The van der Waals surface area contributed by atoms with Crippen LogP contribution in [0.1, 0.15) is 29.8 Å². The van der Waals surface area contributed by atoms with Crippen molar-refractivity contribution in [2.45, 2.75) is 26.3 Å². The lowest BCUT2D eigenvalue weighted by molar-refractivity contribution is 0.542. The molecule has 19 heavy (non-hydrogen) atoms. The van der Waals surface area contributed by atoms with E-state index in [1.54, 1.807) is 0 Å². The molecule has 100 valence electrons. The van der Waals surface area contributed by atoms with E-state index in [9.17, 15) is 0 Å². The largest absolute Gasteiger partial charge is 0.310 e.